The van der Waals surface area contributed by atoms with Crippen molar-refractivity contribution >= 4 is 23.8 Å². The Balaban J connectivity index is 1.08. The van der Waals surface area contributed by atoms with Gasteiger partial charge in [0.05, 0.1) is 25.4 Å². The highest BCUT2D eigenvalue weighted by Crippen LogP contribution is 2.68. The molecular formula is C40H42N2O10. The SMILES string of the molecule is COc1ccc2c3c1O[C@H]1C(OC(=O)CCNC(=O)[C@@H](O)c4ccccc4)=CC[C@@]4(OC(=O)CCNC(=O)[C@@H](O)c5ccccc5)[C@H](CCCC314)C2. The third-order valence-electron chi connectivity index (χ3n) is 10.9. The van der Waals surface area contributed by atoms with Gasteiger partial charge in [-0.2, -0.15) is 0 Å². The smallest absolute Gasteiger partial charge is 0.312 e. The average molecular weight is 711 g/mol. The van der Waals surface area contributed by atoms with Crippen LogP contribution in [0, 0.1) is 5.92 Å². The monoisotopic (exact) mass is 710 g/mol. The normalized spacial score (nSPS) is 24.6. The van der Waals surface area contributed by atoms with Crippen molar-refractivity contribution in [2.24, 2.45) is 5.92 Å². The van der Waals surface area contributed by atoms with Gasteiger partial charge in [0.15, 0.2) is 29.8 Å². The van der Waals surface area contributed by atoms with E-state index < -0.39 is 53.1 Å². The zero-order chi connectivity index (χ0) is 36.5. The number of hydrogen-bond donors (Lipinski definition) is 4. The Morgan fingerprint density at radius 1 is 0.865 bits per heavy atom. The number of carbonyl (C=O) groups is 4. The zero-order valence-corrected chi connectivity index (χ0v) is 28.8. The van der Waals surface area contributed by atoms with Crippen LogP contribution >= 0.6 is 0 Å². The molecular weight excluding hydrogens is 668 g/mol. The molecule has 1 fully saturated rings. The number of aliphatic hydroxyl groups excluding tert-OH is 2. The minimum Gasteiger partial charge on any atom is -0.493 e. The third-order valence-corrected chi connectivity index (χ3v) is 10.9. The number of methoxy groups -OCH3 is 1. The number of hydrogen-bond acceptors (Lipinski definition) is 10. The molecule has 1 saturated carbocycles. The fourth-order valence-corrected chi connectivity index (χ4v) is 8.65. The molecule has 3 aromatic carbocycles. The summed E-state index contributed by atoms with van der Waals surface area (Å²) in [6, 6.07) is 20.9. The van der Waals surface area contributed by atoms with E-state index in [-0.39, 0.29) is 38.3 Å². The first-order chi connectivity index (χ1) is 25.2. The molecule has 3 aromatic rings. The molecule has 2 bridgehead atoms. The summed E-state index contributed by atoms with van der Waals surface area (Å²) in [7, 11) is 1.56. The van der Waals surface area contributed by atoms with Crippen LogP contribution in [0.15, 0.2) is 84.6 Å². The van der Waals surface area contributed by atoms with Crippen LogP contribution in [0.5, 0.6) is 11.5 Å². The fraction of sp³-hybridized carbons (Fsp3) is 0.400. The summed E-state index contributed by atoms with van der Waals surface area (Å²) in [5, 5.41) is 26.1. The van der Waals surface area contributed by atoms with Gasteiger partial charge >= 0.3 is 11.9 Å². The molecule has 4 N–H and O–H groups in total. The van der Waals surface area contributed by atoms with Gasteiger partial charge in [0.25, 0.3) is 11.8 Å². The number of carbonyl (C=O) groups excluding carboxylic acids is 4. The molecule has 12 nitrogen and oxygen atoms in total. The first-order valence-corrected chi connectivity index (χ1v) is 17.7. The molecule has 272 valence electrons. The van der Waals surface area contributed by atoms with Gasteiger partial charge < -0.3 is 39.8 Å². The molecule has 7 rings (SSSR count). The van der Waals surface area contributed by atoms with Gasteiger partial charge in [-0.3, -0.25) is 19.2 Å². The Morgan fingerprint density at radius 3 is 2.10 bits per heavy atom. The van der Waals surface area contributed by atoms with Crippen molar-refractivity contribution < 1.29 is 48.3 Å². The second kappa shape index (κ2) is 14.4. The van der Waals surface area contributed by atoms with E-state index in [4.69, 9.17) is 18.9 Å². The summed E-state index contributed by atoms with van der Waals surface area (Å²) in [6.45, 7) is -0.0746. The first kappa shape index (κ1) is 35.2. The molecule has 1 unspecified atom stereocenters. The second-order valence-electron chi connectivity index (χ2n) is 13.8. The predicted molar refractivity (Wildman–Crippen MR) is 186 cm³/mol. The highest BCUT2D eigenvalue weighted by Gasteiger charge is 2.73. The molecule has 12 heteroatoms. The molecule has 1 heterocycles. The Bertz CT molecular complexity index is 1880. The van der Waals surface area contributed by atoms with Gasteiger partial charge in [-0.05, 0) is 48.1 Å². The van der Waals surface area contributed by atoms with Gasteiger partial charge in [0.1, 0.15) is 11.4 Å². The Hall–Kier alpha value is -5.20. The highest BCUT2D eigenvalue weighted by molar-refractivity contribution is 5.83. The van der Waals surface area contributed by atoms with Gasteiger partial charge in [0, 0.05) is 31.0 Å². The maximum absolute atomic E-state index is 13.7. The summed E-state index contributed by atoms with van der Waals surface area (Å²) in [6.07, 6.45) is 1.18. The third kappa shape index (κ3) is 6.09. The van der Waals surface area contributed by atoms with Crippen molar-refractivity contribution in [2.75, 3.05) is 20.2 Å². The van der Waals surface area contributed by atoms with E-state index >= 15 is 0 Å². The molecule has 0 saturated heterocycles. The summed E-state index contributed by atoms with van der Waals surface area (Å²) >= 11 is 0. The highest BCUT2D eigenvalue weighted by atomic mass is 16.6. The van der Waals surface area contributed by atoms with Crippen LogP contribution in [0.25, 0.3) is 0 Å². The lowest BCUT2D eigenvalue weighted by Crippen LogP contribution is -2.69. The standard InChI is InChI=1S/C40H42N2O10/c1-49-28-15-14-26-23-27-13-8-19-39-32(26)35(28)51-36(39)29(50-30(43)17-21-41-37(47)33(45)24-9-4-2-5-10-24)16-20-40(27,39)52-31(44)18-22-42-38(48)34(46)25-11-6-3-7-12-25/h2-7,9-12,14-16,27,33-34,36,45-46H,8,13,17-23H2,1H3,(H,41,47)(H,42,48)/t27-,33+,34+,36+,39?,40-/m1/s1. The number of nitrogens with one attached hydrogen (secondary N) is 2. The number of benzene rings is 3. The van der Waals surface area contributed by atoms with Crippen molar-refractivity contribution in [2.45, 2.75) is 74.3 Å². The molecule has 1 aliphatic heterocycles. The molecule has 4 aliphatic rings. The lowest BCUT2D eigenvalue weighted by molar-refractivity contribution is -0.200. The first-order valence-electron chi connectivity index (χ1n) is 17.7. The molecule has 0 aromatic heterocycles. The molecule has 1 spiro atoms. The van der Waals surface area contributed by atoms with Crippen molar-refractivity contribution in [3.05, 3.63) is 107 Å². The Labute approximate surface area is 301 Å². The lowest BCUT2D eigenvalue weighted by atomic mass is 9.46. The second-order valence-corrected chi connectivity index (χ2v) is 13.8. The van der Waals surface area contributed by atoms with Crippen molar-refractivity contribution in [1.29, 1.82) is 0 Å². The number of esters is 2. The molecule has 3 aliphatic carbocycles. The van der Waals surface area contributed by atoms with Crippen molar-refractivity contribution in [3.8, 4) is 11.5 Å². The van der Waals surface area contributed by atoms with Crippen LogP contribution in [0.1, 0.15) is 73.0 Å². The number of amides is 2. The Kier molecular flexibility index (Phi) is 9.78. The van der Waals surface area contributed by atoms with Gasteiger partial charge in [-0.15, -0.1) is 0 Å². The van der Waals surface area contributed by atoms with E-state index in [1.54, 1.807) is 73.8 Å². The van der Waals surface area contributed by atoms with E-state index in [0.717, 1.165) is 24.0 Å². The lowest BCUT2D eigenvalue weighted by Gasteiger charge is -2.60. The largest absolute Gasteiger partial charge is 0.493 e. The van der Waals surface area contributed by atoms with Gasteiger partial charge in [-0.1, -0.05) is 73.2 Å². The summed E-state index contributed by atoms with van der Waals surface area (Å²) in [4.78, 5) is 52.1. The topological polar surface area (TPSA) is 170 Å². The molecule has 0 radical (unpaired) electrons. The molecule has 2 amide bonds. The molecule has 6 atom stereocenters. The number of rotatable bonds is 13. The summed E-state index contributed by atoms with van der Waals surface area (Å²) < 4.78 is 24.9. The van der Waals surface area contributed by atoms with Crippen LogP contribution < -0.4 is 20.1 Å². The van der Waals surface area contributed by atoms with Crippen LogP contribution in [0.4, 0.5) is 0 Å². The van der Waals surface area contributed by atoms with Gasteiger partial charge in [-0.25, -0.2) is 0 Å². The van der Waals surface area contributed by atoms with E-state index in [2.05, 4.69) is 10.6 Å². The van der Waals surface area contributed by atoms with E-state index in [0.29, 0.717) is 41.2 Å². The predicted octanol–water partition coefficient (Wildman–Crippen LogP) is 3.64. The van der Waals surface area contributed by atoms with Crippen molar-refractivity contribution in [3.63, 3.8) is 0 Å². The van der Waals surface area contributed by atoms with Crippen LogP contribution in [-0.4, -0.2) is 65.9 Å². The maximum Gasteiger partial charge on any atom is 0.312 e. The quantitative estimate of drug-likeness (QED) is 0.192. The van der Waals surface area contributed by atoms with E-state index in [1.165, 1.54) is 0 Å². The number of aliphatic hydroxyl groups is 2. The fourth-order valence-electron chi connectivity index (χ4n) is 8.65. The zero-order valence-electron chi connectivity index (χ0n) is 28.8. The summed E-state index contributed by atoms with van der Waals surface area (Å²) in [5.74, 6) is -1.00. The van der Waals surface area contributed by atoms with Crippen LogP contribution in [0.2, 0.25) is 0 Å². The Morgan fingerprint density at radius 2 is 1.48 bits per heavy atom. The molecule has 52 heavy (non-hydrogen) atoms. The minimum absolute atomic E-state index is 0.0253. The van der Waals surface area contributed by atoms with E-state index in [9.17, 15) is 29.4 Å². The maximum atomic E-state index is 13.7. The minimum atomic E-state index is -1.37. The average Bonchev–Trinajstić information content (AvgIpc) is 3.51. The van der Waals surface area contributed by atoms with Crippen LogP contribution in [-0.2, 0) is 40.5 Å². The summed E-state index contributed by atoms with van der Waals surface area (Å²) in [5.41, 5.74) is 0.991. The van der Waals surface area contributed by atoms with Crippen LogP contribution in [0.3, 0.4) is 0 Å². The van der Waals surface area contributed by atoms with Gasteiger partial charge in [0.2, 0.25) is 0 Å². The van der Waals surface area contributed by atoms with Crippen molar-refractivity contribution in [1.82, 2.24) is 10.6 Å². The van der Waals surface area contributed by atoms with E-state index in [1.807, 2.05) is 12.1 Å². The number of ether oxygens (including phenoxy) is 4.